The lowest BCUT2D eigenvalue weighted by molar-refractivity contribution is -0.117. The Hall–Kier alpha value is -2.99. The second kappa shape index (κ2) is 7.93. The number of hydrogen-bond acceptors (Lipinski definition) is 4. The van der Waals surface area contributed by atoms with Gasteiger partial charge in [-0.15, -0.1) is 11.8 Å². The summed E-state index contributed by atoms with van der Waals surface area (Å²) in [6.07, 6.45) is 5.04. The molecule has 132 valence electrons. The van der Waals surface area contributed by atoms with E-state index in [-0.39, 0.29) is 5.76 Å². The average molecular weight is 366 g/mol. The van der Waals surface area contributed by atoms with Gasteiger partial charge in [0.2, 0.25) is 0 Å². The normalized spacial score (nSPS) is 11.0. The van der Waals surface area contributed by atoms with Crippen LogP contribution in [0.2, 0.25) is 0 Å². The maximum Gasteiger partial charge on any atom is 0.305 e. The molecule has 6 heteroatoms. The molecule has 2 aromatic carbocycles. The number of para-hydroxylation sites is 1. The minimum Gasteiger partial charge on any atom is -0.451 e. The van der Waals surface area contributed by atoms with Gasteiger partial charge >= 0.3 is 5.91 Å². The molecule has 0 aliphatic rings. The highest BCUT2D eigenvalue weighted by Crippen LogP contribution is 2.24. The van der Waals surface area contributed by atoms with Crippen molar-refractivity contribution in [3.63, 3.8) is 0 Å². The van der Waals surface area contributed by atoms with Gasteiger partial charge in [0.25, 0.3) is 5.91 Å². The van der Waals surface area contributed by atoms with Crippen molar-refractivity contribution in [2.45, 2.75) is 11.8 Å². The van der Waals surface area contributed by atoms with E-state index in [2.05, 4.69) is 10.9 Å². The monoisotopic (exact) mass is 366 g/mol. The van der Waals surface area contributed by atoms with E-state index in [1.54, 1.807) is 30.8 Å². The Morgan fingerprint density at radius 1 is 1.04 bits per heavy atom. The molecule has 0 spiro atoms. The van der Waals surface area contributed by atoms with Crippen molar-refractivity contribution >= 4 is 40.6 Å². The fourth-order valence-electron chi connectivity index (χ4n) is 2.49. The van der Waals surface area contributed by atoms with Gasteiger partial charge in [-0.05, 0) is 43.0 Å². The first-order chi connectivity index (χ1) is 12.6. The number of furan rings is 1. The molecular formula is C20H18N2O3S. The van der Waals surface area contributed by atoms with Crippen molar-refractivity contribution in [3.05, 3.63) is 71.5 Å². The Bertz CT molecular complexity index is 974. The Morgan fingerprint density at radius 3 is 2.46 bits per heavy atom. The highest BCUT2D eigenvalue weighted by atomic mass is 32.2. The summed E-state index contributed by atoms with van der Waals surface area (Å²) in [6, 6.07) is 15.2. The number of aryl methyl sites for hydroxylation is 1. The van der Waals surface area contributed by atoms with Gasteiger partial charge in [0, 0.05) is 21.9 Å². The zero-order valence-corrected chi connectivity index (χ0v) is 15.2. The molecule has 1 aromatic heterocycles. The zero-order valence-electron chi connectivity index (χ0n) is 14.4. The number of carbonyl (C=O) groups is 2. The van der Waals surface area contributed by atoms with Gasteiger partial charge in [-0.2, -0.15) is 0 Å². The van der Waals surface area contributed by atoms with Crippen molar-refractivity contribution in [2.75, 3.05) is 6.26 Å². The number of amides is 2. The largest absolute Gasteiger partial charge is 0.451 e. The van der Waals surface area contributed by atoms with E-state index in [1.807, 2.05) is 48.7 Å². The molecule has 0 atom stereocenters. The van der Waals surface area contributed by atoms with Crippen molar-refractivity contribution in [1.29, 1.82) is 0 Å². The maximum absolute atomic E-state index is 12.2. The van der Waals surface area contributed by atoms with Crippen molar-refractivity contribution in [1.82, 2.24) is 10.9 Å². The molecule has 2 amide bonds. The number of thioether (sulfide) groups is 1. The molecule has 3 rings (SSSR count). The van der Waals surface area contributed by atoms with Gasteiger partial charge in [-0.1, -0.05) is 30.3 Å². The minimum atomic E-state index is -0.496. The highest BCUT2D eigenvalue weighted by molar-refractivity contribution is 7.98. The van der Waals surface area contributed by atoms with Crippen LogP contribution in [0.1, 0.15) is 21.7 Å². The molecule has 0 saturated carbocycles. The maximum atomic E-state index is 12.2. The van der Waals surface area contributed by atoms with E-state index >= 15 is 0 Å². The lowest BCUT2D eigenvalue weighted by atomic mass is 10.1. The molecule has 5 nitrogen and oxygen atoms in total. The number of hydrogen-bond donors (Lipinski definition) is 2. The molecule has 3 aromatic rings. The van der Waals surface area contributed by atoms with Crippen LogP contribution in [0.5, 0.6) is 0 Å². The summed E-state index contributed by atoms with van der Waals surface area (Å²) in [5.74, 6) is -0.742. The first kappa shape index (κ1) is 17.8. The van der Waals surface area contributed by atoms with Gasteiger partial charge in [-0.3, -0.25) is 20.4 Å². The van der Waals surface area contributed by atoms with Crippen molar-refractivity contribution in [3.8, 4) is 0 Å². The zero-order chi connectivity index (χ0) is 18.5. The number of nitrogens with one attached hydrogen (secondary N) is 2. The van der Waals surface area contributed by atoms with Crippen LogP contribution in [0.3, 0.4) is 0 Å². The molecule has 0 aliphatic heterocycles. The van der Waals surface area contributed by atoms with Crippen LogP contribution in [-0.2, 0) is 4.79 Å². The molecule has 0 saturated heterocycles. The summed E-state index contributed by atoms with van der Waals surface area (Å²) >= 11 is 1.65. The molecule has 2 N–H and O–H groups in total. The van der Waals surface area contributed by atoms with Crippen LogP contribution in [0, 0.1) is 6.92 Å². The third kappa shape index (κ3) is 3.97. The van der Waals surface area contributed by atoms with Crippen LogP contribution < -0.4 is 10.9 Å². The number of carbonyl (C=O) groups excluding carboxylic acids is 2. The van der Waals surface area contributed by atoms with Gasteiger partial charge in [0.15, 0.2) is 5.76 Å². The molecule has 0 aliphatic carbocycles. The van der Waals surface area contributed by atoms with Crippen molar-refractivity contribution in [2.24, 2.45) is 0 Å². The summed E-state index contributed by atoms with van der Waals surface area (Å²) in [5.41, 5.74) is 6.99. The summed E-state index contributed by atoms with van der Waals surface area (Å²) in [7, 11) is 0. The lowest BCUT2D eigenvalue weighted by Gasteiger charge is -2.03. The molecule has 1 heterocycles. The third-order valence-corrected chi connectivity index (χ3v) is 4.64. The first-order valence-corrected chi connectivity index (χ1v) is 9.21. The third-order valence-electron chi connectivity index (χ3n) is 3.89. The summed E-state index contributed by atoms with van der Waals surface area (Å²) in [5, 5.41) is 0.873. The molecule has 0 fully saturated rings. The predicted octanol–water partition coefficient (Wildman–Crippen LogP) is 3.94. The van der Waals surface area contributed by atoms with Crippen LogP contribution in [0.4, 0.5) is 0 Å². The van der Waals surface area contributed by atoms with Crippen LogP contribution in [0.25, 0.3) is 17.0 Å². The van der Waals surface area contributed by atoms with Crippen LogP contribution in [0.15, 0.2) is 63.9 Å². The van der Waals surface area contributed by atoms with E-state index in [9.17, 15) is 9.59 Å². The molecule has 0 bridgehead atoms. The topological polar surface area (TPSA) is 71.3 Å². The lowest BCUT2D eigenvalue weighted by Crippen LogP contribution is -2.40. The smallest absolute Gasteiger partial charge is 0.305 e. The second-order valence-corrected chi connectivity index (χ2v) is 6.48. The van der Waals surface area contributed by atoms with E-state index in [0.717, 1.165) is 21.4 Å². The number of benzene rings is 2. The number of fused-ring (bicyclic) bond motifs is 1. The molecular weight excluding hydrogens is 348 g/mol. The van der Waals surface area contributed by atoms with E-state index in [4.69, 9.17) is 4.42 Å². The quantitative estimate of drug-likeness (QED) is 0.417. The molecule has 0 unspecified atom stereocenters. The summed E-state index contributed by atoms with van der Waals surface area (Å²) < 4.78 is 5.56. The van der Waals surface area contributed by atoms with Gasteiger partial charge in [0.05, 0.1) is 0 Å². The molecule has 26 heavy (non-hydrogen) atoms. The van der Waals surface area contributed by atoms with Gasteiger partial charge in [-0.25, -0.2) is 0 Å². The Morgan fingerprint density at radius 2 is 1.77 bits per heavy atom. The molecule has 0 radical (unpaired) electrons. The predicted molar refractivity (Wildman–Crippen MR) is 104 cm³/mol. The first-order valence-electron chi connectivity index (χ1n) is 7.99. The SMILES string of the molecule is CSc1ccc(/C=C/C(=O)NNC(=O)c2oc3ccccc3c2C)cc1. The van der Waals surface area contributed by atoms with Gasteiger partial charge in [0.1, 0.15) is 5.58 Å². The Labute approximate surface area is 155 Å². The van der Waals surface area contributed by atoms with Crippen molar-refractivity contribution < 1.29 is 14.0 Å². The van der Waals surface area contributed by atoms with Crippen LogP contribution in [-0.4, -0.2) is 18.1 Å². The average Bonchev–Trinajstić information content (AvgIpc) is 3.02. The van der Waals surface area contributed by atoms with E-state index in [1.165, 1.54) is 6.08 Å². The Balaban J connectivity index is 1.60. The number of rotatable bonds is 4. The highest BCUT2D eigenvalue weighted by Gasteiger charge is 2.17. The fraction of sp³-hybridized carbons (Fsp3) is 0.100. The fourth-order valence-corrected chi connectivity index (χ4v) is 2.90. The summed E-state index contributed by atoms with van der Waals surface area (Å²) in [4.78, 5) is 25.3. The minimum absolute atomic E-state index is 0.183. The Kier molecular flexibility index (Phi) is 5.43. The second-order valence-electron chi connectivity index (χ2n) is 5.60. The summed E-state index contributed by atoms with van der Waals surface area (Å²) in [6.45, 7) is 1.81. The number of hydrazine groups is 1. The van der Waals surface area contributed by atoms with Crippen LogP contribution >= 0.6 is 11.8 Å². The standard InChI is InChI=1S/C20H18N2O3S/c1-13-16-5-3-4-6-17(16)25-19(13)20(24)22-21-18(23)12-9-14-7-10-15(26-2)11-8-14/h3-12H,1-2H3,(H,21,23)(H,22,24)/b12-9+. The van der Waals surface area contributed by atoms with E-state index in [0.29, 0.717) is 5.58 Å². The van der Waals surface area contributed by atoms with Gasteiger partial charge < -0.3 is 4.42 Å². The van der Waals surface area contributed by atoms with E-state index < -0.39 is 11.8 Å².